The van der Waals surface area contributed by atoms with Gasteiger partial charge in [-0.25, -0.2) is 4.79 Å². The van der Waals surface area contributed by atoms with Crippen LogP contribution < -0.4 is 0 Å². The number of nitrogens with zero attached hydrogens (tertiary/aromatic N) is 2. The number of hydrogen-bond donors (Lipinski definition) is 0. The number of benzene rings is 1. The van der Waals surface area contributed by atoms with Crippen LogP contribution in [-0.2, 0) is 17.7 Å². The summed E-state index contributed by atoms with van der Waals surface area (Å²) < 4.78 is 5.83. The lowest BCUT2D eigenvalue weighted by Gasteiger charge is -2.44. The van der Waals surface area contributed by atoms with Gasteiger partial charge in [-0.3, -0.25) is 4.90 Å². The van der Waals surface area contributed by atoms with Crippen LogP contribution in [0.3, 0.4) is 0 Å². The van der Waals surface area contributed by atoms with Crippen molar-refractivity contribution in [3.8, 4) is 0 Å². The van der Waals surface area contributed by atoms with E-state index in [-0.39, 0.29) is 12.2 Å². The normalized spacial score (nSPS) is 30.9. The van der Waals surface area contributed by atoms with Crippen molar-refractivity contribution >= 4 is 6.09 Å². The van der Waals surface area contributed by atoms with E-state index in [2.05, 4.69) is 23.1 Å². The Bertz CT molecular complexity index is 537. The molecular formula is C17H22N2O2. The molecule has 1 amide bonds. The second-order valence-electron chi connectivity index (χ2n) is 6.50. The number of ether oxygens (including phenoxy) is 1. The summed E-state index contributed by atoms with van der Waals surface area (Å²) >= 11 is 0. The van der Waals surface area contributed by atoms with Gasteiger partial charge in [-0.15, -0.1) is 0 Å². The minimum Gasteiger partial charge on any atom is -0.444 e. The van der Waals surface area contributed by atoms with Crippen molar-refractivity contribution in [1.82, 2.24) is 9.80 Å². The Morgan fingerprint density at radius 2 is 1.86 bits per heavy atom. The predicted molar refractivity (Wildman–Crippen MR) is 80.0 cm³/mol. The summed E-state index contributed by atoms with van der Waals surface area (Å²) in [5.41, 5.74) is 2.62. The Hall–Kier alpha value is -1.55. The lowest BCUT2D eigenvalue weighted by molar-refractivity contribution is -0.0446. The molecule has 0 N–H and O–H groups in total. The van der Waals surface area contributed by atoms with Crippen LogP contribution in [0.1, 0.15) is 24.0 Å². The third kappa shape index (κ3) is 2.53. The zero-order valence-corrected chi connectivity index (χ0v) is 12.3. The largest absolute Gasteiger partial charge is 0.444 e. The molecule has 4 heteroatoms. The van der Waals surface area contributed by atoms with Crippen LogP contribution in [0.15, 0.2) is 24.3 Å². The monoisotopic (exact) mass is 286 g/mol. The van der Waals surface area contributed by atoms with Crippen molar-refractivity contribution < 1.29 is 9.53 Å². The molecule has 0 aromatic heterocycles. The highest BCUT2D eigenvalue weighted by atomic mass is 16.6. The Morgan fingerprint density at radius 3 is 2.57 bits per heavy atom. The van der Waals surface area contributed by atoms with E-state index < -0.39 is 0 Å². The molecule has 2 bridgehead atoms. The fourth-order valence-corrected chi connectivity index (χ4v) is 3.90. The van der Waals surface area contributed by atoms with Crippen LogP contribution >= 0.6 is 0 Å². The minimum absolute atomic E-state index is 0.108. The smallest absolute Gasteiger partial charge is 0.410 e. The average molecular weight is 286 g/mol. The molecule has 0 unspecified atom stereocenters. The van der Waals surface area contributed by atoms with Gasteiger partial charge in [0.05, 0.1) is 0 Å². The molecule has 1 atom stereocenters. The zero-order valence-electron chi connectivity index (χ0n) is 12.3. The minimum atomic E-state index is -0.122. The van der Waals surface area contributed by atoms with Gasteiger partial charge in [-0.05, 0) is 49.4 Å². The molecule has 0 spiro atoms. The molecule has 0 aliphatic carbocycles. The second-order valence-corrected chi connectivity index (χ2v) is 6.50. The number of hydrogen-bond acceptors (Lipinski definition) is 3. The molecule has 0 saturated carbocycles. The third-order valence-corrected chi connectivity index (χ3v) is 5.24. The van der Waals surface area contributed by atoms with E-state index in [1.165, 1.54) is 37.1 Å². The highest BCUT2D eigenvalue weighted by Gasteiger charge is 2.37. The van der Waals surface area contributed by atoms with Gasteiger partial charge in [0.15, 0.2) is 0 Å². The Morgan fingerprint density at radius 1 is 1.10 bits per heavy atom. The molecule has 0 radical (unpaired) electrons. The first-order valence-corrected chi connectivity index (χ1v) is 8.04. The topological polar surface area (TPSA) is 32.8 Å². The number of carbonyl (C=O) groups excluding carboxylic acids is 1. The SMILES string of the molecule is O=C(O[C@@H]1CN2CCC1CC2)N1CCc2ccccc2C1. The molecular weight excluding hydrogens is 264 g/mol. The highest BCUT2D eigenvalue weighted by molar-refractivity contribution is 5.68. The van der Waals surface area contributed by atoms with Crippen LogP contribution in [0.4, 0.5) is 4.79 Å². The van der Waals surface area contributed by atoms with Crippen LogP contribution in [0, 0.1) is 5.92 Å². The predicted octanol–water partition coefficient (Wildman–Crippen LogP) is 2.28. The van der Waals surface area contributed by atoms with Gasteiger partial charge in [0.25, 0.3) is 0 Å². The fraction of sp³-hybridized carbons (Fsp3) is 0.588. The maximum atomic E-state index is 12.4. The van der Waals surface area contributed by atoms with Crippen molar-refractivity contribution in [1.29, 1.82) is 0 Å². The van der Waals surface area contributed by atoms with E-state index in [9.17, 15) is 4.79 Å². The van der Waals surface area contributed by atoms with Gasteiger partial charge in [-0.2, -0.15) is 0 Å². The van der Waals surface area contributed by atoms with E-state index in [4.69, 9.17) is 4.74 Å². The van der Waals surface area contributed by atoms with Crippen LogP contribution in [0.5, 0.6) is 0 Å². The molecule has 3 saturated heterocycles. The molecule has 4 heterocycles. The Kier molecular flexibility index (Phi) is 3.34. The Balaban J connectivity index is 1.40. The maximum absolute atomic E-state index is 12.4. The summed E-state index contributed by atoms with van der Waals surface area (Å²) in [6, 6.07) is 8.38. The summed E-state index contributed by atoms with van der Waals surface area (Å²) in [6.07, 6.45) is 3.29. The van der Waals surface area contributed by atoms with E-state index in [1.807, 2.05) is 11.0 Å². The third-order valence-electron chi connectivity index (χ3n) is 5.24. The molecule has 21 heavy (non-hydrogen) atoms. The van der Waals surface area contributed by atoms with Crippen LogP contribution in [0.25, 0.3) is 0 Å². The lowest BCUT2D eigenvalue weighted by Crippen LogP contribution is -2.53. The molecule has 4 nitrogen and oxygen atoms in total. The Labute approximate surface area is 125 Å². The summed E-state index contributed by atoms with van der Waals surface area (Å²) in [4.78, 5) is 16.7. The van der Waals surface area contributed by atoms with Crippen molar-refractivity contribution in [3.63, 3.8) is 0 Å². The molecule has 5 rings (SSSR count). The first kappa shape index (κ1) is 13.1. The lowest BCUT2D eigenvalue weighted by atomic mass is 9.86. The standard InChI is InChI=1S/C17H22N2O2/c20-17(21-16-12-18-8-5-14(16)6-9-18)19-10-7-13-3-1-2-4-15(13)11-19/h1-4,14,16H,5-12H2/t16-/m1/s1. The van der Waals surface area contributed by atoms with Gasteiger partial charge in [0.2, 0.25) is 0 Å². The number of amides is 1. The molecule has 4 aliphatic rings. The maximum Gasteiger partial charge on any atom is 0.410 e. The van der Waals surface area contributed by atoms with E-state index in [1.54, 1.807) is 0 Å². The molecule has 3 fully saturated rings. The number of piperidine rings is 3. The first-order chi connectivity index (χ1) is 10.3. The molecule has 1 aromatic rings. The number of carbonyl (C=O) groups is 1. The number of rotatable bonds is 1. The van der Waals surface area contributed by atoms with Gasteiger partial charge < -0.3 is 9.64 Å². The van der Waals surface area contributed by atoms with Crippen molar-refractivity contribution in [3.05, 3.63) is 35.4 Å². The van der Waals surface area contributed by atoms with Crippen molar-refractivity contribution in [2.75, 3.05) is 26.2 Å². The molecule has 112 valence electrons. The summed E-state index contributed by atoms with van der Waals surface area (Å²) in [5.74, 6) is 0.580. The molecule has 1 aromatic carbocycles. The van der Waals surface area contributed by atoms with E-state index in [0.29, 0.717) is 12.5 Å². The van der Waals surface area contributed by atoms with Crippen molar-refractivity contribution in [2.45, 2.75) is 31.9 Å². The van der Waals surface area contributed by atoms with E-state index >= 15 is 0 Å². The summed E-state index contributed by atoms with van der Waals surface area (Å²) in [7, 11) is 0. The van der Waals surface area contributed by atoms with E-state index in [0.717, 1.165) is 19.5 Å². The average Bonchev–Trinajstić information content (AvgIpc) is 2.55. The first-order valence-electron chi connectivity index (χ1n) is 8.04. The van der Waals surface area contributed by atoms with Gasteiger partial charge in [0, 0.05) is 19.6 Å². The van der Waals surface area contributed by atoms with Crippen molar-refractivity contribution in [2.24, 2.45) is 5.92 Å². The summed E-state index contributed by atoms with van der Waals surface area (Å²) in [6.45, 7) is 4.75. The van der Waals surface area contributed by atoms with Gasteiger partial charge in [-0.1, -0.05) is 24.3 Å². The van der Waals surface area contributed by atoms with Crippen LogP contribution in [0.2, 0.25) is 0 Å². The summed E-state index contributed by atoms with van der Waals surface area (Å²) in [5, 5.41) is 0. The molecule has 4 aliphatic heterocycles. The fourth-order valence-electron chi connectivity index (χ4n) is 3.90. The van der Waals surface area contributed by atoms with Gasteiger partial charge >= 0.3 is 6.09 Å². The number of fused-ring (bicyclic) bond motifs is 4. The second kappa shape index (κ2) is 5.34. The quantitative estimate of drug-likeness (QED) is 0.794. The van der Waals surface area contributed by atoms with Crippen LogP contribution in [-0.4, -0.2) is 48.2 Å². The zero-order chi connectivity index (χ0) is 14.2. The van der Waals surface area contributed by atoms with Gasteiger partial charge in [0.1, 0.15) is 6.10 Å². The highest BCUT2D eigenvalue weighted by Crippen LogP contribution is 2.30.